The Morgan fingerprint density at radius 2 is 1.74 bits per heavy atom. The highest BCUT2D eigenvalue weighted by Gasteiger charge is 2.25. The summed E-state index contributed by atoms with van der Waals surface area (Å²) < 4.78 is 10.3. The molecule has 3 rings (SSSR count). The summed E-state index contributed by atoms with van der Waals surface area (Å²) in [4.78, 5) is 34.3. The van der Waals surface area contributed by atoms with Crippen LogP contribution in [0, 0.1) is 5.92 Å². The van der Waals surface area contributed by atoms with E-state index in [9.17, 15) is 14.7 Å². The molecule has 0 aliphatic carbocycles. The van der Waals surface area contributed by atoms with Crippen LogP contribution in [0.2, 0.25) is 0 Å². The fraction of sp³-hybridized carbons (Fsp3) is 0.259. The lowest BCUT2D eigenvalue weighted by atomic mass is 10.0. The van der Waals surface area contributed by atoms with Crippen molar-refractivity contribution in [1.29, 1.82) is 0 Å². The summed E-state index contributed by atoms with van der Waals surface area (Å²) in [6, 6.07) is 17.7. The van der Waals surface area contributed by atoms with Crippen molar-refractivity contribution in [2.45, 2.75) is 33.4 Å². The number of methoxy groups -OCH3 is 1. The molecule has 1 aromatic heterocycles. The molecule has 0 unspecified atom stereocenters. The van der Waals surface area contributed by atoms with Gasteiger partial charge >= 0.3 is 11.9 Å². The van der Waals surface area contributed by atoms with E-state index in [-0.39, 0.29) is 29.6 Å². The third-order valence-electron chi connectivity index (χ3n) is 5.27. The minimum Gasteiger partial charge on any atom is -0.479 e. The van der Waals surface area contributed by atoms with Crippen LogP contribution in [0.25, 0.3) is 17.5 Å². The summed E-state index contributed by atoms with van der Waals surface area (Å²) in [5.41, 5.74) is 2.10. The molecule has 2 aromatic carbocycles. The van der Waals surface area contributed by atoms with Crippen molar-refractivity contribution >= 4 is 23.7 Å². The summed E-state index contributed by atoms with van der Waals surface area (Å²) in [5, 5.41) is 13.2. The number of esters is 1. The molecule has 35 heavy (non-hydrogen) atoms. The van der Waals surface area contributed by atoms with Crippen LogP contribution in [-0.2, 0) is 20.9 Å². The van der Waals surface area contributed by atoms with Gasteiger partial charge in [0.2, 0.25) is 5.89 Å². The molecule has 1 amide bonds. The standard InChI is InChI=1S/C27H29N3O5/c1-17(2)23(27(33)34-4)29-18(3)21(24(31)28-16-19-11-7-5-8-12-19)15-22-26(32)35-25(30-22)20-13-9-6-10-14-20/h5-15,17,23,32H,16H2,1-4H3,(H,28,31)/b21-15+,29-18?/t23-/m0/s1. The first kappa shape index (κ1) is 25.4. The predicted molar refractivity (Wildman–Crippen MR) is 134 cm³/mol. The van der Waals surface area contributed by atoms with Crippen molar-refractivity contribution in [3.05, 3.63) is 77.5 Å². The maximum atomic E-state index is 13.2. The molecule has 0 radical (unpaired) electrons. The fourth-order valence-corrected chi connectivity index (χ4v) is 3.34. The van der Waals surface area contributed by atoms with Crippen LogP contribution in [-0.4, -0.2) is 40.8 Å². The zero-order valence-corrected chi connectivity index (χ0v) is 20.2. The van der Waals surface area contributed by atoms with Crippen molar-refractivity contribution in [1.82, 2.24) is 10.3 Å². The highest BCUT2D eigenvalue weighted by atomic mass is 16.5. The molecule has 8 nitrogen and oxygen atoms in total. The van der Waals surface area contributed by atoms with Gasteiger partial charge in [-0.05, 0) is 36.6 Å². The molecule has 0 aliphatic rings. The first-order valence-electron chi connectivity index (χ1n) is 11.2. The van der Waals surface area contributed by atoms with E-state index in [0.29, 0.717) is 11.3 Å². The van der Waals surface area contributed by atoms with Crippen molar-refractivity contribution in [2.24, 2.45) is 10.9 Å². The van der Waals surface area contributed by atoms with Gasteiger partial charge in [-0.1, -0.05) is 62.4 Å². The maximum Gasteiger partial charge on any atom is 0.330 e. The van der Waals surface area contributed by atoms with Crippen molar-refractivity contribution in [3.8, 4) is 17.4 Å². The Balaban J connectivity index is 1.99. The average Bonchev–Trinajstić information content (AvgIpc) is 3.24. The summed E-state index contributed by atoms with van der Waals surface area (Å²) >= 11 is 0. The largest absolute Gasteiger partial charge is 0.479 e. The normalized spacial score (nSPS) is 12.9. The predicted octanol–water partition coefficient (Wildman–Crippen LogP) is 4.41. The van der Waals surface area contributed by atoms with Crippen LogP contribution in [0.15, 0.2) is 75.6 Å². The summed E-state index contributed by atoms with van der Waals surface area (Å²) in [7, 11) is 1.30. The molecule has 0 spiro atoms. The van der Waals surface area contributed by atoms with Crippen LogP contribution < -0.4 is 5.32 Å². The molecular formula is C27H29N3O5. The lowest BCUT2D eigenvalue weighted by Gasteiger charge is -2.16. The molecule has 0 saturated carbocycles. The van der Waals surface area contributed by atoms with Gasteiger partial charge in [-0.25, -0.2) is 9.78 Å². The third-order valence-corrected chi connectivity index (χ3v) is 5.27. The van der Waals surface area contributed by atoms with Crippen molar-refractivity contribution in [2.75, 3.05) is 7.11 Å². The second-order valence-corrected chi connectivity index (χ2v) is 8.23. The molecular weight excluding hydrogens is 446 g/mol. The minimum absolute atomic E-state index is 0.0717. The van der Waals surface area contributed by atoms with E-state index >= 15 is 0 Å². The van der Waals surface area contributed by atoms with Crippen LogP contribution in [0.1, 0.15) is 32.0 Å². The fourth-order valence-electron chi connectivity index (χ4n) is 3.34. The van der Waals surface area contributed by atoms with Crippen LogP contribution >= 0.6 is 0 Å². The average molecular weight is 476 g/mol. The monoisotopic (exact) mass is 475 g/mol. The molecule has 1 atom stereocenters. The quantitative estimate of drug-likeness (QED) is 0.269. The Bertz CT molecular complexity index is 1210. The number of aliphatic imine (C=N–C) groups is 1. The lowest BCUT2D eigenvalue weighted by molar-refractivity contribution is -0.143. The van der Waals surface area contributed by atoms with Crippen LogP contribution in [0.5, 0.6) is 5.95 Å². The zero-order chi connectivity index (χ0) is 25.4. The summed E-state index contributed by atoms with van der Waals surface area (Å²) in [6.45, 7) is 5.59. The van der Waals surface area contributed by atoms with E-state index in [1.165, 1.54) is 13.2 Å². The smallest absolute Gasteiger partial charge is 0.330 e. The maximum absolute atomic E-state index is 13.2. The first-order chi connectivity index (χ1) is 16.8. The van der Waals surface area contributed by atoms with Crippen molar-refractivity contribution < 1.29 is 23.8 Å². The molecule has 1 heterocycles. The number of ether oxygens (including phenoxy) is 1. The third kappa shape index (κ3) is 6.66. The number of aromatic hydroxyl groups is 1. The van der Waals surface area contributed by atoms with Crippen LogP contribution in [0.4, 0.5) is 0 Å². The molecule has 3 aromatic rings. The highest BCUT2D eigenvalue weighted by Crippen LogP contribution is 2.28. The van der Waals surface area contributed by atoms with Crippen LogP contribution in [0.3, 0.4) is 0 Å². The summed E-state index contributed by atoms with van der Waals surface area (Å²) in [6.07, 6.45) is 1.40. The zero-order valence-electron chi connectivity index (χ0n) is 20.2. The van der Waals surface area contributed by atoms with Gasteiger partial charge in [-0.2, -0.15) is 0 Å². The molecule has 2 N–H and O–H groups in total. The number of hydrogen-bond acceptors (Lipinski definition) is 7. The van der Waals surface area contributed by atoms with E-state index in [1.807, 2.05) is 62.4 Å². The topological polar surface area (TPSA) is 114 Å². The molecule has 0 saturated heterocycles. The Morgan fingerprint density at radius 3 is 2.34 bits per heavy atom. The van der Waals surface area contributed by atoms with Crippen molar-refractivity contribution in [3.63, 3.8) is 0 Å². The molecule has 0 fully saturated rings. The number of amides is 1. The Morgan fingerprint density at radius 1 is 1.11 bits per heavy atom. The number of carbonyl (C=O) groups is 2. The van der Waals surface area contributed by atoms with Gasteiger partial charge in [0.25, 0.3) is 5.91 Å². The number of benzene rings is 2. The minimum atomic E-state index is -0.795. The Labute approximate surface area is 204 Å². The number of aromatic nitrogens is 1. The number of carbonyl (C=O) groups excluding carboxylic acids is 2. The molecule has 182 valence electrons. The number of nitrogens with one attached hydrogen (secondary N) is 1. The van der Waals surface area contributed by atoms with E-state index in [1.54, 1.807) is 19.1 Å². The summed E-state index contributed by atoms with van der Waals surface area (Å²) in [5.74, 6) is -1.32. The first-order valence-corrected chi connectivity index (χ1v) is 11.2. The van der Waals surface area contributed by atoms with Gasteiger partial charge in [0.15, 0.2) is 0 Å². The number of rotatable bonds is 9. The Kier molecular flexibility index (Phi) is 8.56. The second-order valence-electron chi connectivity index (χ2n) is 8.23. The SMILES string of the molecule is COC(=O)[C@@H](N=C(C)/C(=C\c1nc(-c2ccccc2)oc1O)C(=O)NCc1ccccc1)C(C)C. The number of nitrogens with zero attached hydrogens (tertiary/aromatic N) is 2. The van der Waals surface area contributed by atoms with E-state index < -0.39 is 23.9 Å². The van der Waals surface area contributed by atoms with Gasteiger partial charge in [-0.15, -0.1) is 0 Å². The van der Waals surface area contributed by atoms with Gasteiger partial charge in [-0.3, -0.25) is 9.79 Å². The van der Waals surface area contributed by atoms with E-state index in [4.69, 9.17) is 9.15 Å². The second kappa shape index (κ2) is 11.8. The molecule has 0 aliphatic heterocycles. The Hall–Kier alpha value is -4.20. The van der Waals surface area contributed by atoms with E-state index in [2.05, 4.69) is 15.3 Å². The van der Waals surface area contributed by atoms with Gasteiger partial charge < -0.3 is 19.6 Å². The van der Waals surface area contributed by atoms with Gasteiger partial charge in [0, 0.05) is 17.8 Å². The molecule has 8 heteroatoms. The number of oxazole rings is 1. The number of hydrogen-bond donors (Lipinski definition) is 2. The van der Waals surface area contributed by atoms with E-state index in [0.717, 1.165) is 5.56 Å². The lowest BCUT2D eigenvalue weighted by Crippen LogP contribution is -2.30. The molecule has 0 bridgehead atoms. The van der Waals surface area contributed by atoms with Gasteiger partial charge in [0.1, 0.15) is 11.7 Å². The highest BCUT2D eigenvalue weighted by molar-refractivity contribution is 6.24. The van der Waals surface area contributed by atoms with Gasteiger partial charge in [0.05, 0.1) is 12.7 Å².